The molecule has 1 fully saturated rings. The third kappa shape index (κ3) is 4.94. The van der Waals surface area contributed by atoms with E-state index in [0.29, 0.717) is 18.8 Å². The predicted molar refractivity (Wildman–Crippen MR) is 92.0 cm³/mol. The van der Waals surface area contributed by atoms with Gasteiger partial charge in [-0.15, -0.1) is 0 Å². The maximum atomic E-state index is 12.0. The third-order valence-electron chi connectivity index (χ3n) is 3.68. The molecule has 1 heterocycles. The number of hydrogen-bond acceptors (Lipinski definition) is 5. The van der Waals surface area contributed by atoms with Gasteiger partial charge in [0.2, 0.25) is 0 Å². The summed E-state index contributed by atoms with van der Waals surface area (Å²) in [5.74, 6) is -1.52. The van der Waals surface area contributed by atoms with E-state index in [9.17, 15) is 14.7 Å². The highest BCUT2D eigenvalue weighted by molar-refractivity contribution is 6.39. The molecule has 1 saturated heterocycles. The number of aliphatic hydroxyl groups excluding tert-OH is 1. The zero-order valence-electron chi connectivity index (χ0n) is 14.3. The lowest BCUT2D eigenvalue weighted by Crippen LogP contribution is -2.46. The second kappa shape index (κ2) is 8.12. The van der Waals surface area contributed by atoms with Gasteiger partial charge in [-0.1, -0.05) is 12.1 Å². The van der Waals surface area contributed by atoms with Crippen LogP contribution in [0.15, 0.2) is 24.3 Å². The van der Waals surface area contributed by atoms with Crippen molar-refractivity contribution in [2.24, 2.45) is 0 Å². The summed E-state index contributed by atoms with van der Waals surface area (Å²) < 4.78 is 5.73. The van der Waals surface area contributed by atoms with E-state index in [1.165, 1.54) is 6.92 Å². The van der Waals surface area contributed by atoms with E-state index in [4.69, 9.17) is 4.74 Å². The van der Waals surface area contributed by atoms with Crippen molar-refractivity contribution in [3.05, 3.63) is 24.3 Å². The lowest BCUT2D eigenvalue weighted by atomic mass is 10.1. The van der Waals surface area contributed by atoms with Crippen LogP contribution in [0.2, 0.25) is 0 Å². The molecule has 3 N–H and O–H groups in total. The molecular formula is C17H25N3O4. The molecule has 1 aromatic rings. The number of nitrogens with one attached hydrogen (secondary N) is 2. The highest BCUT2D eigenvalue weighted by atomic mass is 16.5. The summed E-state index contributed by atoms with van der Waals surface area (Å²) in [5, 5.41) is 14.2. The molecule has 2 amide bonds. The molecule has 2 rings (SSSR count). The number of nitrogens with zero attached hydrogens (tertiary/aromatic N) is 1. The van der Waals surface area contributed by atoms with Crippen molar-refractivity contribution in [3.63, 3.8) is 0 Å². The molecule has 0 bridgehead atoms. The van der Waals surface area contributed by atoms with Crippen molar-refractivity contribution in [3.8, 4) is 0 Å². The number of amides is 2. The summed E-state index contributed by atoms with van der Waals surface area (Å²) in [6.45, 7) is 7.01. The average molecular weight is 335 g/mol. The van der Waals surface area contributed by atoms with Gasteiger partial charge in [0.1, 0.15) is 0 Å². The largest absolute Gasteiger partial charge is 0.392 e. The second-order valence-electron chi connectivity index (χ2n) is 6.19. The van der Waals surface area contributed by atoms with E-state index in [1.54, 1.807) is 12.1 Å². The summed E-state index contributed by atoms with van der Waals surface area (Å²) in [7, 11) is 0. The number of carbonyl (C=O) groups excluding carboxylic acids is 2. The fraction of sp³-hybridized carbons (Fsp3) is 0.529. The second-order valence-corrected chi connectivity index (χ2v) is 6.19. The number of para-hydroxylation sites is 2. The molecule has 1 aromatic carbocycles. The first-order valence-electron chi connectivity index (χ1n) is 8.13. The number of rotatable bonds is 4. The highest BCUT2D eigenvalue weighted by Crippen LogP contribution is 2.28. The standard InChI is InChI=1S/C17H25N3O4/c1-11(21)8-18-16(22)17(23)19-14-6-4-5-7-15(14)20-9-12(2)24-13(3)10-20/h4-7,11-13,21H,8-10H2,1-3H3,(H,18,22)(H,19,23)/t11-,12-,13+/m1/s1. The molecule has 0 radical (unpaired) electrons. The fourth-order valence-corrected chi connectivity index (χ4v) is 2.73. The first kappa shape index (κ1) is 18.2. The minimum atomic E-state index is -0.769. The Balaban J connectivity index is 2.08. The first-order valence-corrected chi connectivity index (χ1v) is 8.13. The summed E-state index contributed by atoms with van der Waals surface area (Å²) in [4.78, 5) is 26.0. The van der Waals surface area contributed by atoms with Crippen molar-refractivity contribution in [2.75, 3.05) is 29.9 Å². The van der Waals surface area contributed by atoms with Crippen molar-refractivity contribution >= 4 is 23.2 Å². The number of aliphatic hydroxyl groups is 1. The van der Waals surface area contributed by atoms with Crippen LogP contribution < -0.4 is 15.5 Å². The lowest BCUT2D eigenvalue weighted by molar-refractivity contribution is -0.136. The lowest BCUT2D eigenvalue weighted by Gasteiger charge is -2.37. The van der Waals surface area contributed by atoms with Crippen LogP contribution in [0.5, 0.6) is 0 Å². The zero-order chi connectivity index (χ0) is 17.7. The van der Waals surface area contributed by atoms with E-state index < -0.39 is 17.9 Å². The highest BCUT2D eigenvalue weighted by Gasteiger charge is 2.25. The van der Waals surface area contributed by atoms with Crippen LogP contribution in [-0.4, -0.2) is 54.9 Å². The van der Waals surface area contributed by atoms with E-state index in [1.807, 2.05) is 26.0 Å². The Hall–Kier alpha value is -2.12. The molecule has 0 saturated carbocycles. The molecule has 3 atom stereocenters. The topological polar surface area (TPSA) is 90.9 Å². The monoisotopic (exact) mass is 335 g/mol. The van der Waals surface area contributed by atoms with Crippen LogP contribution in [0.1, 0.15) is 20.8 Å². The fourth-order valence-electron chi connectivity index (χ4n) is 2.73. The zero-order valence-corrected chi connectivity index (χ0v) is 14.3. The molecule has 24 heavy (non-hydrogen) atoms. The van der Waals surface area contributed by atoms with E-state index in [2.05, 4.69) is 15.5 Å². The van der Waals surface area contributed by atoms with Crippen LogP contribution >= 0.6 is 0 Å². The van der Waals surface area contributed by atoms with E-state index in [-0.39, 0.29) is 18.8 Å². The van der Waals surface area contributed by atoms with Gasteiger partial charge in [0.25, 0.3) is 0 Å². The summed E-state index contributed by atoms with van der Waals surface area (Å²) in [6.07, 6.45) is -0.524. The van der Waals surface area contributed by atoms with Gasteiger partial charge in [-0.05, 0) is 32.9 Å². The van der Waals surface area contributed by atoms with Crippen LogP contribution in [-0.2, 0) is 14.3 Å². The van der Waals surface area contributed by atoms with Gasteiger partial charge in [0.05, 0.1) is 29.7 Å². The predicted octanol–water partition coefficient (Wildman–Crippen LogP) is 0.736. The maximum absolute atomic E-state index is 12.0. The summed E-state index contributed by atoms with van der Waals surface area (Å²) >= 11 is 0. The summed E-state index contributed by atoms with van der Waals surface area (Å²) in [6, 6.07) is 7.37. The van der Waals surface area contributed by atoms with Gasteiger partial charge in [0.15, 0.2) is 0 Å². The molecule has 0 spiro atoms. The SMILES string of the molecule is C[C@@H]1CN(c2ccccc2NC(=O)C(=O)NC[C@@H](C)O)C[C@H](C)O1. The minimum Gasteiger partial charge on any atom is -0.392 e. The Morgan fingerprint density at radius 2 is 1.88 bits per heavy atom. The Labute approximate surface area is 142 Å². The van der Waals surface area contributed by atoms with E-state index >= 15 is 0 Å². The Bertz CT molecular complexity index is 581. The quantitative estimate of drug-likeness (QED) is 0.706. The number of ether oxygens (including phenoxy) is 1. The normalized spacial score (nSPS) is 21.9. The molecule has 1 aliphatic heterocycles. The molecule has 0 unspecified atom stereocenters. The van der Waals surface area contributed by atoms with Crippen molar-refractivity contribution in [1.29, 1.82) is 0 Å². The molecule has 7 heteroatoms. The molecular weight excluding hydrogens is 310 g/mol. The van der Waals surface area contributed by atoms with Crippen molar-refractivity contribution in [1.82, 2.24) is 5.32 Å². The number of hydrogen-bond donors (Lipinski definition) is 3. The number of morpholine rings is 1. The van der Waals surface area contributed by atoms with Crippen LogP contribution in [0, 0.1) is 0 Å². The molecule has 132 valence electrons. The molecule has 0 aliphatic carbocycles. The Kier molecular flexibility index (Phi) is 6.16. The molecule has 0 aromatic heterocycles. The molecule has 7 nitrogen and oxygen atoms in total. The van der Waals surface area contributed by atoms with Gasteiger partial charge in [-0.2, -0.15) is 0 Å². The van der Waals surface area contributed by atoms with Gasteiger partial charge >= 0.3 is 11.8 Å². The van der Waals surface area contributed by atoms with Gasteiger partial charge in [-0.3, -0.25) is 9.59 Å². The smallest absolute Gasteiger partial charge is 0.313 e. The van der Waals surface area contributed by atoms with Gasteiger partial charge in [-0.25, -0.2) is 0 Å². The Morgan fingerprint density at radius 3 is 2.50 bits per heavy atom. The van der Waals surface area contributed by atoms with Crippen LogP contribution in [0.3, 0.4) is 0 Å². The minimum absolute atomic E-state index is 0.0341. The van der Waals surface area contributed by atoms with Gasteiger partial charge in [0, 0.05) is 19.6 Å². The van der Waals surface area contributed by atoms with Crippen molar-refractivity contribution in [2.45, 2.75) is 39.1 Å². The molecule has 1 aliphatic rings. The van der Waals surface area contributed by atoms with E-state index in [0.717, 1.165) is 5.69 Å². The summed E-state index contributed by atoms with van der Waals surface area (Å²) in [5.41, 5.74) is 1.44. The number of benzene rings is 1. The van der Waals surface area contributed by atoms with Crippen LogP contribution in [0.4, 0.5) is 11.4 Å². The van der Waals surface area contributed by atoms with Gasteiger partial charge < -0.3 is 25.4 Å². The number of carbonyl (C=O) groups is 2. The van der Waals surface area contributed by atoms with Crippen LogP contribution in [0.25, 0.3) is 0 Å². The average Bonchev–Trinajstić information content (AvgIpc) is 2.52. The maximum Gasteiger partial charge on any atom is 0.313 e. The Morgan fingerprint density at radius 1 is 1.25 bits per heavy atom. The number of anilines is 2. The first-order chi connectivity index (χ1) is 11.4. The van der Waals surface area contributed by atoms with Crippen molar-refractivity contribution < 1.29 is 19.4 Å². The third-order valence-corrected chi connectivity index (χ3v) is 3.68.